The Morgan fingerprint density at radius 2 is 2.60 bits per heavy atom. The van der Waals surface area contributed by atoms with E-state index in [-0.39, 0.29) is 0 Å². The predicted octanol–water partition coefficient (Wildman–Crippen LogP) is 0.943. The highest BCUT2D eigenvalue weighted by atomic mass is 14.9. The summed E-state index contributed by atoms with van der Waals surface area (Å²) < 4.78 is 2.12. The zero-order valence-electron chi connectivity index (χ0n) is 6.17. The lowest BCUT2D eigenvalue weighted by Crippen LogP contribution is -2.13. The summed E-state index contributed by atoms with van der Waals surface area (Å²) >= 11 is 0. The number of rotatable bonds is 1. The van der Waals surface area contributed by atoms with Gasteiger partial charge in [0.25, 0.3) is 0 Å². The smallest absolute Gasteiger partial charge is 0.167 e. The summed E-state index contributed by atoms with van der Waals surface area (Å²) in [5.41, 5.74) is 1.15. The summed E-state index contributed by atoms with van der Waals surface area (Å²) in [6.45, 7) is 1.08. The highest BCUT2D eigenvalue weighted by molar-refractivity contribution is 5.75. The van der Waals surface area contributed by atoms with E-state index in [9.17, 15) is 0 Å². The van der Waals surface area contributed by atoms with Crippen LogP contribution in [0.15, 0.2) is 11.6 Å². The fourth-order valence-electron chi connectivity index (χ4n) is 1.06. The lowest BCUT2D eigenvalue weighted by atomic mass is 10.1. The molecule has 0 bridgehead atoms. The van der Waals surface area contributed by atoms with Crippen LogP contribution in [0, 0.1) is 11.3 Å². The van der Waals surface area contributed by atoms with Gasteiger partial charge in [-0.1, -0.05) is 6.08 Å². The Labute approximate surface area is 61.1 Å². The molecule has 1 rings (SSSR count). The molecule has 0 radical (unpaired) electrons. The number of allylic oxidation sites excluding steroid dienone is 1. The maximum absolute atomic E-state index is 8.38. The van der Waals surface area contributed by atoms with E-state index in [0.29, 0.717) is 6.42 Å². The van der Waals surface area contributed by atoms with Crippen LogP contribution in [0.25, 0.3) is 0 Å². The molecule has 1 heterocycles. The second-order valence-corrected chi connectivity index (χ2v) is 2.51. The van der Waals surface area contributed by atoms with Crippen LogP contribution in [0.2, 0.25) is 0 Å². The Kier molecular flexibility index (Phi) is 2.22. The zero-order valence-corrected chi connectivity index (χ0v) is 6.17. The monoisotopic (exact) mass is 135 g/mol. The molecule has 0 saturated carbocycles. The number of nitriles is 1. The molecular weight excluding hydrogens is 124 g/mol. The van der Waals surface area contributed by atoms with E-state index in [1.54, 1.807) is 0 Å². The van der Waals surface area contributed by atoms with E-state index >= 15 is 0 Å². The summed E-state index contributed by atoms with van der Waals surface area (Å²) in [4.78, 5) is 0. The van der Waals surface area contributed by atoms with Gasteiger partial charge >= 0.3 is 0 Å². The van der Waals surface area contributed by atoms with Gasteiger partial charge in [0.1, 0.15) is 13.6 Å². The average Bonchev–Trinajstić information content (AvgIpc) is 1.88. The molecule has 0 fully saturated rings. The van der Waals surface area contributed by atoms with Crippen molar-refractivity contribution in [3.05, 3.63) is 11.6 Å². The highest BCUT2D eigenvalue weighted by Crippen LogP contribution is 2.02. The first kappa shape index (κ1) is 7.01. The van der Waals surface area contributed by atoms with Gasteiger partial charge in [0.2, 0.25) is 0 Å². The Morgan fingerprint density at radius 3 is 3.20 bits per heavy atom. The van der Waals surface area contributed by atoms with Crippen LogP contribution in [-0.4, -0.2) is 24.4 Å². The maximum atomic E-state index is 8.38. The maximum Gasteiger partial charge on any atom is 0.167 e. The van der Waals surface area contributed by atoms with Gasteiger partial charge in [-0.05, 0) is 0 Å². The lowest BCUT2D eigenvalue weighted by molar-refractivity contribution is -0.492. The normalized spacial score (nSPS) is 17.2. The van der Waals surface area contributed by atoms with Gasteiger partial charge in [0.15, 0.2) is 6.21 Å². The van der Waals surface area contributed by atoms with E-state index in [1.165, 1.54) is 0 Å². The van der Waals surface area contributed by atoms with Gasteiger partial charge in [-0.2, -0.15) is 5.26 Å². The lowest BCUT2D eigenvalue weighted by Gasteiger charge is -2.01. The molecule has 0 amide bonds. The van der Waals surface area contributed by atoms with Gasteiger partial charge < -0.3 is 0 Å². The number of hydrogen-bond acceptors (Lipinski definition) is 1. The third-order valence-corrected chi connectivity index (χ3v) is 1.56. The quantitative estimate of drug-likeness (QED) is 0.491. The molecule has 2 nitrogen and oxygen atoms in total. The molecule has 0 aliphatic carbocycles. The van der Waals surface area contributed by atoms with Crippen LogP contribution in [0.1, 0.15) is 12.8 Å². The number of hydrogen-bond donors (Lipinski definition) is 0. The van der Waals surface area contributed by atoms with E-state index < -0.39 is 0 Å². The fourth-order valence-corrected chi connectivity index (χ4v) is 1.06. The van der Waals surface area contributed by atoms with Gasteiger partial charge in [-0.15, -0.1) is 0 Å². The van der Waals surface area contributed by atoms with Crippen LogP contribution in [-0.2, 0) is 0 Å². The first-order valence-electron chi connectivity index (χ1n) is 3.44. The second-order valence-electron chi connectivity index (χ2n) is 2.51. The molecule has 52 valence electrons. The van der Waals surface area contributed by atoms with Crippen LogP contribution in [0.3, 0.4) is 0 Å². The number of nitrogens with zero attached hydrogens (tertiary/aromatic N) is 2. The van der Waals surface area contributed by atoms with Crippen LogP contribution in [0.5, 0.6) is 0 Å². The second kappa shape index (κ2) is 3.17. The molecule has 0 aromatic carbocycles. The molecule has 0 N–H and O–H groups in total. The van der Waals surface area contributed by atoms with Crippen molar-refractivity contribution in [3.8, 4) is 6.07 Å². The van der Waals surface area contributed by atoms with Crippen LogP contribution in [0.4, 0.5) is 0 Å². The first-order chi connectivity index (χ1) is 4.83. The summed E-state index contributed by atoms with van der Waals surface area (Å²) in [6, 6.07) is 2.13. The standard InChI is InChI=1S/C8H11N2/c1-10-6-2-3-8(7-10)4-5-9/h3,7H,2,4,6H2,1H3/q+1. The SMILES string of the molecule is C[N+]1=CC(CC#N)=CCC1. The Morgan fingerprint density at radius 1 is 1.80 bits per heavy atom. The molecule has 1 aliphatic rings. The van der Waals surface area contributed by atoms with Crippen molar-refractivity contribution in [1.82, 2.24) is 0 Å². The first-order valence-corrected chi connectivity index (χ1v) is 3.44. The minimum Gasteiger partial charge on any atom is -0.238 e. The highest BCUT2D eigenvalue weighted by Gasteiger charge is 2.05. The van der Waals surface area contributed by atoms with Gasteiger partial charge in [-0.3, -0.25) is 0 Å². The van der Waals surface area contributed by atoms with Crippen molar-refractivity contribution in [3.63, 3.8) is 0 Å². The summed E-state index contributed by atoms with van der Waals surface area (Å²) in [5.74, 6) is 0. The molecule has 0 unspecified atom stereocenters. The molecule has 0 saturated heterocycles. The topological polar surface area (TPSA) is 26.8 Å². The van der Waals surface area contributed by atoms with E-state index in [2.05, 4.69) is 16.7 Å². The van der Waals surface area contributed by atoms with E-state index in [0.717, 1.165) is 18.5 Å². The minimum absolute atomic E-state index is 0.546. The Hall–Kier alpha value is -1.10. The average molecular weight is 135 g/mol. The van der Waals surface area contributed by atoms with Gasteiger partial charge in [-0.25, -0.2) is 4.58 Å². The molecule has 0 aromatic rings. The molecule has 2 heteroatoms. The third kappa shape index (κ3) is 1.70. The van der Waals surface area contributed by atoms with Crippen molar-refractivity contribution in [2.75, 3.05) is 13.6 Å². The molecule has 0 atom stereocenters. The predicted molar refractivity (Wildman–Crippen MR) is 40.0 cm³/mol. The van der Waals surface area contributed by atoms with Crippen molar-refractivity contribution in [2.45, 2.75) is 12.8 Å². The van der Waals surface area contributed by atoms with E-state index in [4.69, 9.17) is 5.26 Å². The molecular formula is C8H11N2+. The Balaban J connectivity index is 2.62. The molecule has 0 spiro atoms. The third-order valence-electron chi connectivity index (χ3n) is 1.56. The van der Waals surface area contributed by atoms with Crippen LogP contribution < -0.4 is 0 Å². The minimum atomic E-state index is 0.546. The molecule has 10 heavy (non-hydrogen) atoms. The summed E-state index contributed by atoms with van der Waals surface area (Å²) in [5, 5.41) is 8.38. The fraction of sp³-hybridized carbons (Fsp3) is 0.500. The van der Waals surface area contributed by atoms with E-state index in [1.807, 2.05) is 13.3 Å². The Bertz CT molecular complexity index is 218. The van der Waals surface area contributed by atoms with Crippen LogP contribution >= 0.6 is 0 Å². The zero-order chi connectivity index (χ0) is 7.40. The van der Waals surface area contributed by atoms with Crippen molar-refractivity contribution in [2.24, 2.45) is 0 Å². The summed E-state index contributed by atoms with van der Waals surface area (Å²) in [7, 11) is 2.03. The molecule has 0 aromatic heterocycles. The van der Waals surface area contributed by atoms with Gasteiger partial charge in [0, 0.05) is 12.0 Å². The molecule has 1 aliphatic heterocycles. The van der Waals surface area contributed by atoms with Crippen molar-refractivity contribution >= 4 is 6.21 Å². The largest absolute Gasteiger partial charge is 0.238 e. The van der Waals surface area contributed by atoms with Crippen molar-refractivity contribution < 1.29 is 4.58 Å². The van der Waals surface area contributed by atoms with Crippen molar-refractivity contribution in [1.29, 1.82) is 5.26 Å². The summed E-state index contributed by atoms with van der Waals surface area (Å²) in [6.07, 6.45) is 5.78. The van der Waals surface area contributed by atoms with Gasteiger partial charge in [0.05, 0.1) is 12.5 Å².